The summed E-state index contributed by atoms with van der Waals surface area (Å²) in [5.74, 6) is 2.13. The maximum atomic E-state index is 10.1. The van der Waals surface area contributed by atoms with Crippen LogP contribution < -0.4 is 9.64 Å². The standard InChI is InChI=1S/C31H40ClN5O2/c1-6-7-23(38)16-39-24-8-9-26(32)25(14-24)29-35-28(27(19(2)3)21(5)34)20(4)30(36-29)37-17-31(18-37)12-10-22(15-33)11-13-31/h8-9,14,22-23,34,38H,6-7,10-13,16-18H2,1-5H3/t23-/m1/s1. The lowest BCUT2D eigenvalue weighted by molar-refractivity contribution is 0.0994. The van der Waals surface area contributed by atoms with Gasteiger partial charge in [-0.2, -0.15) is 5.26 Å². The number of nitriles is 1. The second-order valence-electron chi connectivity index (χ2n) is 11.5. The summed E-state index contributed by atoms with van der Waals surface area (Å²) in [5, 5.41) is 28.5. The molecule has 208 valence electrons. The number of anilines is 1. The molecule has 1 spiro atoms. The van der Waals surface area contributed by atoms with Gasteiger partial charge in [-0.25, -0.2) is 9.97 Å². The van der Waals surface area contributed by atoms with Gasteiger partial charge in [-0.1, -0.05) is 30.5 Å². The molecule has 0 bridgehead atoms. The zero-order valence-corrected chi connectivity index (χ0v) is 24.5. The molecule has 1 atom stereocenters. The lowest BCUT2D eigenvalue weighted by atomic mass is 9.66. The predicted molar refractivity (Wildman–Crippen MR) is 158 cm³/mol. The first-order valence-electron chi connectivity index (χ1n) is 13.9. The Bertz CT molecular complexity index is 1290. The molecule has 4 rings (SSSR count). The van der Waals surface area contributed by atoms with Gasteiger partial charge in [0, 0.05) is 46.8 Å². The number of nitrogens with one attached hydrogen (secondary N) is 1. The van der Waals surface area contributed by atoms with Crippen LogP contribution in [0, 0.1) is 35.0 Å². The molecule has 2 aromatic rings. The minimum absolute atomic E-state index is 0.180. The molecule has 1 aliphatic carbocycles. The van der Waals surface area contributed by atoms with Gasteiger partial charge in [-0.3, -0.25) is 0 Å². The Morgan fingerprint density at radius 3 is 2.54 bits per heavy atom. The van der Waals surface area contributed by atoms with Gasteiger partial charge in [0.05, 0.1) is 22.9 Å². The number of rotatable bonds is 9. The third-order valence-corrected chi connectivity index (χ3v) is 8.39. The third kappa shape index (κ3) is 6.28. The first-order valence-corrected chi connectivity index (χ1v) is 14.3. The van der Waals surface area contributed by atoms with Crippen LogP contribution in [0.15, 0.2) is 23.8 Å². The number of halogens is 1. The van der Waals surface area contributed by atoms with Gasteiger partial charge in [0.25, 0.3) is 0 Å². The molecule has 7 nitrogen and oxygen atoms in total. The molecule has 1 aromatic heterocycles. The molecule has 1 saturated heterocycles. The van der Waals surface area contributed by atoms with E-state index in [1.807, 2.05) is 33.8 Å². The molecule has 0 radical (unpaired) electrons. The quantitative estimate of drug-likeness (QED) is 0.326. The largest absolute Gasteiger partial charge is 0.491 e. The molecule has 2 aliphatic rings. The highest BCUT2D eigenvalue weighted by atomic mass is 35.5. The number of allylic oxidation sites excluding steroid dienone is 2. The summed E-state index contributed by atoms with van der Waals surface area (Å²) in [6.45, 7) is 11.9. The van der Waals surface area contributed by atoms with Crippen molar-refractivity contribution in [2.75, 3.05) is 24.6 Å². The van der Waals surface area contributed by atoms with Crippen molar-refractivity contribution in [2.24, 2.45) is 11.3 Å². The topological polar surface area (TPSA) is 106 Å². The molecule has 2 N–H and O–H groups in total. The molecule has 8 heteroatoms. The molecule has 0 unspecified atom stereocenters. The number of aliphatic hydroxyl groups excluding tert-OH is 1. The fourth-order valence-electron chi connectivity index (χ4n) is 5.93. The molecule has 2 heterocycles. The Balaban J connectivity index is 1.72. The summed E-state index contributed by atoms with van der Waals surface area (Å²) in [6, 6.07) is 7.84. The van der Waals surface area contributed by atoms with Crippen molar-refractivity contribution < 1.29 is 9.84 Å². The van der Waals surface area contributed by atoms with Crippen LogP contribution in [-0.2, 0) is 0 Å². The minimum Gasteiger partial charge on any atom is -0.491 e. The van der Waals surface area contributed by atoms with E-state index in [0.29, 0.717) is 34.3 Å². The number of hydrogen-bond donors (Lipinski definition) is 2. The van der Waals surface area contributed by atoms with E-state index in [9.17, 15) is 10.4 Å². The van der Waals surface area contributed by atoms with E-state index < -0.39 is 6.10 Å². The zero-order chi connectivity index (χ0) is 28.3. The van der Waals surface area contributed by atoms with E-state index in [0.717, 1.165) is 73.4 Å². The van der Waals surface area contributed by atoms with Crippen molar-refractivity contribution in [3.63, 3.8) is 0 Å². The van der Waals surface area contributed by atoms with Gasteiger partial charge in [-0.05, 0) is 78.0 Å². The SMILES string of the molecule is CCC[C@@H](O)COc1ccc(Cl)c(-c2nc(C(C(C)=N)=C(C)C)c(C)c(N3CC4(CCC(C#N)CC4)C3)n2)c1. The third-order valence-electron chi connectivity index (χ3n) is 8.06. The number of aromatic nitrogens is 2. The Morgan fingerprint density at radius 2 is 1.95 bits per heavy atom. The molecule has 0 amide bonds. The Morgan fingerprint density at radius 1 is 1.26 bits per heavy atom. The Hall–Kier alpha value is -2.95. The molecule has 1 saturated carbocycles. The van der Waals surface area contributed by atoms with Gasteiger partial charge in [-0.15, -0.1) is 0 Å². The molecule has 1 aliphatic heterocycles. The Kier molecular flexibility index (Phi) is 8.98. The van der Waals surface area contributed by atoms with E-state index >= 15 is 0 Å². The summed E-state index contributed by atoms with van der Waals surface area (Å²) >= 11 is 6.68. The average molecular weight is 550 g/mol. The van der Waals surface area contributed by atoms with Gasteiger partial charge >= 0.3 is 0 Å². The molecular weight excluding hydrogens is 510 g/mol. The molecular formula is C31H40ClN5O2. The van der Waals surface area contributed by atoms with Gasteiger partial charge in [0.15, 0.2) is 5.82 Å². The first-order chi connectivity index (χ1) is 18.6. The van der Waals surface area contributed by atoms with Crippen LogP contribution in [0.5, 0.6) is 5.75 Å². The first kappa shape index (κ1) is 29.0. The predicted octanol–water partition coefficient (Wildman–Crippen LogP) is 7.00. The molecule has 1 aromatic carbocycles. The van der Waals surface area contributed by atoms with Crippen LogP contribution in [0.1, 0.15) is 77.5 Å². The second kappa shape index (κ2) is 12.1. The summed E-state index contributed by atoms with van der Waals surface area (Å²) in [7, 11) is 0. The summed E-state index contributed by atoms with van der Waals surface area (Å²) in [5.41, 5.74) is 4.88. The summed E-state index contributed by atoms with van der Waals surface area (Å²) < 4.78 is 5.88. The summed E-state index contributed by atoms with van der Waals surface area (Å²) in [6.07, 6.45) is 5.10. The van der Waals surface area contributed by atoms with Gasteiger partial charge in [0.2, 0.25) is 0 Å². The minimum atomic E-state index is -0.527. The fourth-order valence-corrected chi connectivity index (χ4v) is 6.13. The second-order valence-corrected chi connectivity index (χ2v) is 11.9. The van der Waals surface area contributed by atoms with E-state index in [2.05, 4.69) is 11.0 Å². The van der Waals surface area contributed by atoms with Crippen molar-refractivity contribution >= 4 is 28.7 Å². The van der Waals surface area contributed by atoms with Crippen molar-refractivity contribution in [3.05, 3.63) is 40.1 Å². The van der Waals surface area contributed by atoms with Crippen molar-refractivity contribution in [1.82, 2.24) is 9.97 Å². The normalized spacial score (nSPS) is 17.3. The number of aliphatic hydroxyl groups is 1. The van der Waals surface area contributed by atoms with Crippen LogP contribution in [0.3, 0.4) is 0 Å². The van der Waals surface area contributed by atoms with Crippen LogP contribution >= 0.6 is 11.6 Å². The lowest BCUT2D eigenvalue weighted by Gasteiger charge is -2.54. The fraction of sp³-hybridized carbons (Fsp3) is 0.548. The Labute approximate surface area is 237 Å². The van der Waals surface area contributed by atoms with Crippen molar-refractivity contribution in [2.45, 2.75) is 79.2 Å². The average Bonchev–Trinajstić information content (AvgIpc) is 2.88. The summed E-state index contributed by atoms with van der Waals surface area (Å²) in [4.78, 5) is 12.3. The maximum absolute atomic E-state index is 10.1. The van der Waals surface area contributed by atoms with Crippen molar-refractivity contribution in [3.8, 4) is 23.2 Å². The van der Waals surface area contributed by atoms with E-state index in [4.69, 9.17) is 31.7 Å². The smallest absolute Gasteiger partial charge is 0.163 e. The lowest BCUT2D eigenvalue weighted by Crippen LogP contribution is -2.58. The van der Waals surface area contributed by atoms with Crippen LogP contribution in [0.2, 0.25) is 5.02 Å². The maximum Gasteiger partial charge on any atom is 0.163 e. The van der Waals surface area contributed by atoms with E-state index in [1.54, 1.807) is 19.1 Å². The molecule has 2 fully saturated rings. The molecule has 39 heavy (non-hydrogen) atoms. The van der Waals surface area contributed by atoms with Crippen LogP contribution in [0.4, 0.5) is 5.82 Å². The van der Waals surface area contributed by atoms with Crippen LogP contribution in [0.25, 0.3) is 17.0 Å². The number of hydrogen-bond acceptors (Lipinski definition) is 7. The highest BCUT2D eigenvalue weighted by Crippen LogP contribution is 2.48. The number of ether oxygens (including phenoxy) is 1. The van der Waals surface area contributed by atoms with Gasteiger partial charge in [0.1, 0.15) is 18.2 Å². The zero-order valence-electron chi connectivity index (χ0n) is 23.8. The van der Waals surface area contributed by atoms with E-state index in [1.165, 1.54) is 0 Å². The number of benzene rings is 1. The van der Waals surface area contributed by atoms with Gasteiger partial charge < -0.3 is 20.2 Å². The van der Waals surface area contributed by atoms with Crippen molar-refractivity contribution in [1.29, 1.82) is 10.7 Å². The monoisotopic (exact) mass is 549 g/mol. The highest BCUT2D eigenvalue weighted by Gasteiger charge is 2.46. The van der Waals surface area contributed by atoms with Crippen LogP contribution in [-0.4, -0.2) is 46.6 Å². The number of nitrogens with zero attached hydrogens (tertiary/aromatic N) is 4. The van der Waals surface area contributed by atoms with E-state index in [-0.39, 0.29) is 17.9 Å². The highest BCUT2D eigenvalue weighted by molar-refractivity contribution is 6.33.